The molecule has 0 aromatic heterocycles. The SMILES string of the molecule is O=C(NOCC1CCCC1)c1ccccc1NCc1ccc(F)c(C(=O)N2CCOCC2)c1. The van der Waals surface area contributed by atoms with Crippen molar-refractivity contribution in [2.75, 3.05) is 38.2 Å². The number of carbonyl (C=O) groups excluding carboxylic acids is 2. The minimum absolute atomic E-state index is 0.0440. The minimum Gasteiger partial charge on any atom is -0.380 e. The summed E-state index contributed by atoms with van der Waals surface area (Å²) in [7, 11) is 0. The molecular weight excluding hydrogens is 425 g/mol. The summed E-state index contributed by atoms with van der Waals surface area (Å²) in [5, 5.41) is 3.22. The highest BCUT2D eigenvalue weighted by Gasteiger charge is 2.22. The second-order valence-corrected chi connectivity index (χ2v) is 8.51. The van der Waals surface area contributed by atoms with Crippen LogP contribution in [0.1, 0.15) is 52.0 Å². The maximum atomic E-state index is 14.4. The Morgan fingerprint density at radius 1 is 1.06 bits per heavy atom. The van der Waals surface area contributed by atoms with Crippen LogP contribution in [0.2, 0.25) is 0 Å². The van der Waals surface area contributed by atoms with Crippen LogP contribution in [0.3, 0.4) is 0 Å². The summed E-state index contributed by atoms with van der Waals surface area (Å²) >= 11 is 0. The summed E-state index contributed by atoms with van der Waals surface area (Å²) in [5.74, 6) is -0.698. The van der Waals surface area contributed by atoms with Gasteiger partial charge in [0.05, 0.1) is 30.9 Å². The zero-order valence-corrected chi connectivity index (χ0v) is 18.6. The van der Waals surface area contributed by atoms with Crippen molar-refractivity contribution < 1.29 is 23.6 Å². The molecule has 2 fully saturated rings. The van der Waals surface area contributed by atoms with Crippen molar-refractivity contribution in [1.82, 2.24) is 10.4 Å². The van der Waals surface area contributed by atoms with E-state index in [4.69, 9.17) is 9.57 Å². The number of nitrogens with one attached hydrogen (secondary N) is 2. The van der Waals surface area contributed by atoms with Crippen LogP contribution in [0, 0.1) is 11.7 Å². The first-order valence-electron chi connectivity index (χ1n) is 11.5. The number of rotatable bonds is 8. The molecule has 1 aliphatic heterocycles. The average Bonchev–Trinajstić information content (AvgIpc) is 3.37. The molecule has 2 amide bonds. The average molecular weight is 456 g/mol. The Balaban J connectivity index is 1.37. The van der Waals surface area contributed by atoms with E-state index in [0.717, 1.165) is 18.4 Å². The van der Waals surface area contributed by atoms with E-state index in [0.29, 0.717) is 56.6 Å². The van der Waals surface area contributed by atoms with Crippen LogP contribution in [0.4, 0.5) is 10.1 Å². The number of amides is 2. The molecule has 2 aromatic rings. The summed E-state index contributed by atoms with van der Waals surface area (Å²) in [6.45, 7) is 2.67. The summed E-state index contributed by atoms with van der Waals surface area (Å²) in [6.07, 6.45) is 4.72. The number of ether oxygens (including phenoxy) is 1. The lowest BCUT2D eigenvalue weighted by atomic mass is 10.1. The Morgan fingerprint density at radius 3 is 2.61 bits per heavy atom. The Labute approximate surface area is 193 Å². The highest BCUT2D eigenvalue weighted by Crippen LogP contribution is 2.24. The number of anilines is 1. The predicted molar refractivity (Wildman–Crippen MR) is 122 cm³/mol. The molecule has 1 saturated heterocycles. The van der Waals surface area contributed by atoms with E-state index in [1.165, 1.54) is 18.9 Å². The monoisotopic (exact) mass is 455 g/mol. The van der Waals surface area contributed by atoms with E-state index in [9.17, 15) is 14.0 Å². The number of para-hydroxylation sites is 1. The van der Waals surface area contributed by atoms with Gasteiger partial charge in [-0.3, -0.25) is 14.4 Å². The topological polar surface area (TPSA) is 79.9 Å². The fourth-order valence-corrected chi connectivity index (χ4v) is 4.27. The summed E-state index contributed by atoms with van der Waals surface area (Å²) in [4.78, 5) is 32.4. The van der Waals surface area contributed by atoms with Crippen LogP contribution in [0.15, 0.2) is 42.5 Å². The molecule has 0 bridgehead atoms. The maximum absolute atomic E-state index is 14.4. The van der Waals surface area contributed by atoms with E-state index in [-0.39, 0.29) is 17.4 Å². The van der Waals surface area contributed by atoms with Gasteiger partial charge in [0.25, 0.3) is 11.8 Å². The lowest BCUT2D eigenvalue weighted by Gasteiger charge is -2.27. The molecule has 33 heavy (non-hydrogen) atoms. The molecule has 176 valence electrons. The van der Waals surface area contributed by atoms with E-state index in [1.807, 2.05) is 6.07 Å². The third-order valence-corrected chi connectivity index (χ3v) is 6.17. The van der Waals surface area contributed by atoms with Gasteiger partial charge < -0.3 is 15.0 Å². The van der Waals surface area contributed by atoms with Crippen molar-refractivity contribution in [1.29, 1.82) is 0 Å². The van der Waals surface area contributed by atoms with Gasteiger partial charge in [-0.05, 0) is 48.6 Å². The molecule has 0 radical (unpaired) electrons. The fourth-order valence-electron chi connectivity index (χ4n) is 4.27. The Bertz CT molecular complexity index is 972. The molecular formula is C25H30FN3O4. The highest BCUT2D eigenvalue weighted by molar-refractivity contribution is 5.99. The van der Waals surface area contributed by atoms with Gasteiger partial charge in [-0.2, -0.15) is 0 Å². The fraction of sp³-hybridized carbons (Fsp3) is 0.440. The zero-order valence-electron chi connectivity index (χ0n) is 18.6. The van der Waals surface area contributed by atoms with Crippen LogP contribution in [-0.4, -0.2) is 49.6 Å². The summed E-state index contributed by atoms with van der Waals surface area (Å²) < 4.78 is 19.6. The standard InChI is InChI=1S/C25H30FN3O4/c26-22-10-9-19(15-21(22)25(31)29-11-13-32-14-12-29)16-27-23-8-4-3-7-20(23)24(30)28-33-17-18-5-1-2-6-18/h3-4,7-10,15,18,27H,1-2,5-6,11-14,16-17H2,(H,28,30). The molecule has 4 rings (SSSR count). The van der Waals surface area contributed by atoms with Crippen LogP contribution in [0.25, 0.3) is 0 Å². The molecule has 1 heterocycles. The number of nitrogens with zero attached hydrogens (tertiary/aromatic N) is 1. The zero-order chi connectivity index (χ0) is 23.0. The van der Waals surface area contributed by atoms with Crippen molar-refractivity contribution in [2.24, 2.45) is 5.92 Å². The second-order valence-electron chi connectivity index (χ2n) is 8.51. The predicted octanol–water partition coefficient (Wildman–Crippen LogP) is 3.76. The quantitative estimate of drug-likeness (QED) is 0.593. The Kier molecular flexibility index (Phi) is 7.91. The summed E-state index contributed by atoms with van der Waals surface area (Å²) in [6, 6.07) is 11.6. The van der Waals surface area contributed by atoms with E-state index >= 15 is 0 Å². The Morgan fingerprint density at radius 2 is 1.82 bits per heavy atom. The molecule has 1 saturated carbocycles. The normalized spacial score (nSPS) is 16.6. The molecule has 2 aliphatic rings. The number of benzene rings is 2. The molecule has 2 aromatic carbocycles. The minimum atomic E-state index is -0.547. The largest absolute Gasteiger partial charge is 0.380 e. The first kappa shape index (κ1) is 23.2. The van der Waals surface area contributed by atoms with Crippen molar-refractivity contribution in [3.63, 3.8) is 0 Å². The van der Waals surface area contributed by atoms with Gasteiger partial charge in [0.15, 0.2) is 0 Å². The smallest absolute Gasteiger partial charge is 0.276 e. The first-order valence-corrected chi connectivity index (χ1v) is 11.5. The number of hydrogen-bond donors (Lipinski definition) is 2. The van der Waals surface area contributed by atoms with Crippen molar-refractivity contribution in [3.8, 4) is 0 Å². The Hall–Kier alpha value is -2.97. The number of hydrogen-bond acceptors (Lipinski definition) is 5. The summed E-state index contributed by atoms with van der Waals surface area (Å²) in [5.41, 5.74) is 4.41. The van der Waals surface area contributed by atoms with Crippen molar-refractivity contribution in [3.05, 3.63) is 65.0 Å². The van der Waals surface area contributed by atoms with E-state index in [1.54, 1.807) is 35.2 Å². The van der Waals surface area contributed by atoms with Crippen molar-refractivity contribution in [2.45, 2.75) is 32.2 Å². The van der Waals surface area contributed by atoms with Gasteiger partial charge in [-0.1, -0.05) is 31.0 Å². The number of morpholine rings is 1. The lowest BCUT2D eigenvalue weighted by molar-refractivity contribution is 0.0172. The van der Waals surface area contributed by atoms with Crippen LogP contribution in [-0.2, 0) is 16.1 Å². The van der Waals surface area contributed by atoms with Gasteiger partial charge in [0, 0.05) is 25.3 Å². The molecule has 0 spiro atoms. The van der Waals surface area contributed by atoms with Crippen molar-refractivity contribution >= 4 is 17.5 Å². The molecule has 0 unspecified atom stereocenters. The van der Waals surface area contributed by atoms with Gasteiger partial charge in [-0.15, -0.1) is 0 Å². The van der Waals surface area contributed by atoms with Gasteiger partial charge in [0.1, 0.15) is 5.82 Å². The van der Waals surface area contributed by atoms with Crippen LogP contribution >= 0.6 is 0 Å². The van der Waals surface area contributed by atoms with Crippen LogP contribution < -0.4 is 10.8 Å². The second kappa shape index (κ2) is 11.2. The number of halogens is 1. The molecule has 1 aliphatic carbocycles. The third-order valence-electron chi connectivity index (χ3n) is 6.17. The number of hydroxylamine groups is 1. The van der Waals surface area contributed by atoms with Gasteiger partial charge in [-0.25, -0.2) is 9.87 Å². The maximum Gasteiger partial charge on any atom is 0.276 e. The van der Waals surface area contributed by atoms with Gasteiger partial charge >= 0.3 is 0 Å². The highest BCUT2D eigenvalue weighted by atomic mass is 19.1. The van der Waals surface area contributed by atoms with E-state index < -0.39 is 5.82 Å². The van der Waals surface area contributed by atoms with E-state index in [2.05, 4.69) is 10.8 Å². The lowest BCUT2D eigenvalue weighted by Crippen LogP contribution is -2.41. The van der Waals surface area contributed by atoms with Crippen LogP contribution in [0.5, 0.6) is 0 Å². The van der Waals surface area contributed by atoms with Gasteiger partial charge in [0.2, 0.25) is 0 Å². The molecule has 0 atom stereocenters. The molecule has 7 nitrogen and oxygen atoms in total. The first-order chi connectivity index (χ1) is 16.1. The number of carbonyl (C=O) groups is 2. The molecule has 8 heteroatoms. The molecule has 2 N–H and O–H groups in total. The third kappa shape index (κ3) is 6.09.